The predicted octanol–water partition coefficient (Wildman–Crippen LogP) is 4.80. The lowest BCUT2D eigenvalue weighted by atomic mass is 9.98. The maximum atomic E-state index is 12.1. The number of urea groups is 1. The van der Waals surface area contributed by atoms with E-state index in [-0.39, 0.29) is 6.03 Å². The van der Waals surface area contributed by atoms with E-state index in [1.165, 1.54) is 43.9 Å². The largest absolute Gasteiger partial charge is 0.378 e. The molecule has 2 aromatic rings. The third kappa shape index (κ3) is 6.80. The van der Waals surface area contributed by atoms with Gasteiger partial charge in [-0.05, 0) is 67.8 Å². The Morgan fingerprint density at radius 1 is 1.21 bits per heavy atom. The number of aryl methyl sites for hydroxylation is 1. The molecule has 0 radical (unpaired) electrons. The summed E-state index contributed by atoms with van der Waals surface area (Å²) in [7, 11) is 0. The lowest BCUT2D eigenvalue weighted by Crippen LogP contribution is -2.30. The van der Waals surface area contributed by atoms with Crippen molar-refractivity contribution in [1.29, 1.82) is 0 Å². The van der Waals surface area contributed by atoms with Crippen LogP contribution in [0.1, 0.15) is 44.1 Å². The van der Waals surface area contributed by atoms with Crippen molar-refractivity contribution in [2.45, 2.75) is 61.6 Å². The fourth-order valence-electron chi connectivity index (χ4n) is 3.21. The van der Waals surface area contributed by atoms with Crippen LogP contribution in [0.25, 0.3) is 0 Å². The maximum absolute atomic E-state index is 12.1. The Bertz CT molecular complexity index is 751. The van der Waals surface area contributed by atoms with Crippen molar-refractivity contribution < 1.29 is 9.53 Å². The Morgan fingerprint density at radius 3 is 2.75 bits per heavy atom. The van der Waals surface area contributed by atoms with Crippen LogP contribution in [-0.2, 0) is 4.74 Å². The average Bonchev–Trinajstić information content (AvgIpc) is 2.71. The SMILES string of the molecule is Cc1cc(Sc2ncccn2)ccc1NC(=O)NCCCOC1CCCCC1. The number of nitrogens with one attached hydrogen (secondary N) is 2. The summed E-state index contributed by atoms with van der Waals surface area (Å²) in [5.74, 6) is 0. The molecule has 7 heteroatoms. The quantitative estimate of drug-likeness (QED) is 0.492. The summed E-state index contributed by atoms with van der Waals surface area (Å²) in [5.41, 5.74) is 1.80. The molecular weight excluding hydrogens is 372 g/mol. The number of carbonyl (C=O) groups is 1. The highest BCUT2D eigenvalue weighted by Crippen LogP contribution is 2.27. The van der Waals surface area contributed by atoms with Crippen LogP contribution in [0, 0.1) is 6.92 Å². The summed E-state index contributed by atoms with van der Waals surface area (Å²) in [4.78, 5) is 21.6. The van der Waals surface area contributed by atoms with Gasteiger partial charge in [0.2, 0.25) is 0 Å². The summed E-state index contributed by atoms with van der Waals surface area (Å²) >= 11 is 1.50. The van der Waals surface area contributed by atoms with E-state index < -0.39 is 0 Å². The number of benzene rings is 1. The monoisotopic (exact) mass is 400 g/mol. The number of rotatable bonds is 8. The Hall–Kier alpha value is -2.12. The van der Waals surface area contributed by atoms with Crippen LogP contribution in [-0.4, -0.2) is 35.3 Å². The molecule has 2 N–H and O–H groups in total. The van der Waals surface area contributed by atoms with Crippen molar-refractivity contribution in [2.24, 2.45) is 0 Å². The zero-order valence-electron chi connectivity index (χ0n) is 16.3. The summed E-state index contributed by atoms with van der Waals surface area (Å²) in [6.07, 6.45) is 10.9. The van der Waals surface area contributed by atoms with Crippen LogP contribution in [0.4, 0.5) is 10.5 Å². The number of hydrogen-bond acceptors (Lipinski definition) is 5. The van der Waals surface area contributed by atoms with E-state index in [0.29, 0.717) is 24.4 Å². The van der Waals surface area contributed by atoms with Crippen molar-refractivity contribution in [1.82, 2.24) is 15.3 Å². The molecule has 1 aliphatic rings. The van der Waals surface area contributed by atoms with Gasteiger partial charge in [-0.1, -0.05) is 19.3 Å². The molecule has 0 atom stereocenters. The zero-order chi connectivity index (χ0) is 19.6. The van der Waals surface area contributed by atoms with Crippen molar-refractivity contribution in [3.8, 4) is 0 Å². The Labute approximate surface area is 170 Å². The first kappa shape index (κ1) is 20.6. The first-order valence-electron chi connectivity index (χ1n) is 9.93. The highest BCUT2D eigenvalue weighted by Gasteiger charge is 2.13. The standard InChI is InChI=1S/C21H28N4O2S/c1-16-15-18(28-21-23-11-5-12-24-21)9-10-19(16)25-20(26)22-13-6-14-27-17-7-3-2-4-8-17/h5,9-12,15,17H,2-4,6-8,13-14H2,1H3,(H2,22,25,26). The lowest BCUT2D eigenvalue weighted by molar-refractivity contribution is 0.0276. The molecule has 3 rings (SSSR count). The fraction of sp³-hybridized carbons (Fsp3) is 0.476. The number of nitrogens with zero attached hydrogens (tertiary/aromatic N) is 2. The number of carbonyl (C=O) groups excluding carboxylic acids is 1. The van der Waals surface area contributed by atoms with E-state index >= 15 is 0 Å². The van der Waals surface area contributed by atoms with Gasteiger partial charge in [0.25, 0.3) is 0 Å². The van der Waals surface area contributed by atoms with E-state index in [1.807, 2.05) is 25.1 Å². The van der Waals surface area contributed by atoms with Crippen LogP contribution in [0.5, 0.6) is 0 Å². The molecule has 0 spiro atoms. The van der Waals surface area contributed by atoms with Crippen LogP contribution in [0.3, 0.4) is 0 Å². The van der Waals surface area contributed by atoms with Gasteiger partial charge in [-0.3, -0.25) is 0 Å². The highest BCUT2D eigenvalue weighted by atomic mass is 32.2. The Kier molecular flexibility index (Phi) is 8.11. The molecule has 28 heavy (non-hydrogen) atoms. The molecule has 150 valence electrons. The van der Waals surface area contributed by atoms with Crippen molar-refractivity contribution in [3.63, 3.8) is 0 Å². The van der Waals surface area contributed by atoms with Crippen LogP contribution in [0.2, 0.25) is 0 Å². The molecule has 1 heterocycles. The highest BCUT2D eigenvalue weighted by molar-refractivity contribution is 7.99. The molecule has 1 fully saturated rings. The fourth-order valence-corrected chi connectivity index (χ4v) is 4.02. The van der Waals surface area contributed by atoms with Gasteiger partial charge in [-0.2, -0.15) is 0 Å². The third-order valence-electron chi connectivity index (χ3n) is 4.71. The van der Waals surface area contributed by atoms with Crippen molar-refractivity contribution in [3.05, 3.63) is 42.2 Å². The third-order valence-corrected chi connectivity index (χ3v) is 5.59. The first-order chi connectivity index (χ1) is 13.7. The normalized spacial score (nSPS) is 14.6. The van der Waals surface area contributed by atoms with Gasteiger partial charge >= 0.3 is 6.03 Å². The minimum Gasteiger partial charge on any atom is -0.378 e. The second kappa shape index (κ2) is 11.0. The summed E-state index contributed by atoms with van der Waals surface area (Å²) in [6.45, 7) is 3.29. The topological polar surface area (TPSA) is 76.1 Å². The molecule has 1 saturated carbocycles. The maximum Gasteiger partial charge on any atom is 0.319 e. The molecule has 2 amide bonds. The minimum absolute atomic E-state index is 0.187. The van der Waals surface area contributed by atoms with E-state index in [0.717, 1.165) is 22.6 Å². The molecule has 0 bridgehead atoms. The second-order valence-electron chi connectivity index (χ2n) is 6.98. The van der Waals surface area contributed by atoms with Gasteiger partial charge in [-0.15, -0.1) is 0 Å². The number of hydrogen-bond donors (Lipinski definition) is 2. The lowest BCUT2D eigenvalue weighted by Gasteiger charge is -2.21. The number of ether oxygens (including phenoxy) is 1. The summed E-state index contributed by atoms with van der Waals surface area (Å²) in [6, 6.07) is 7.50. The van der Waals surface area contributed by atoms with Gasteiger partial charge in [0.1, 0.15) is 0 Å². The molecule has 1 aromatic carbocycles. The molecule has 0 saturated heterocycles. The van der Waals surface area contributed by atoms with Gasteiger partial charge in [0, 0.05) is 36.1 Å². The summed E-state index contributed by atoms with van der Waals surface area (Å²) < 4.78 is 5.88. The zero-order valence-corrected chi connectivity index (χ0v) is 17.1. The number of anilines is 1. The van der Waals surface area contributed by atoms with E-state index in [4.69, 9.17) is 4.74 Å². The molecular formula is C21H28N4O2S. The predicted molar refractivity (Wildman–Crippen MR) is 112 cm³/mol. The number of amides is 2. The Balaban J connectivity index is 1.37. The minimum atomic E-state index is -0.187. The Morgan fingerprint density at radius 2 is 2.00 bits per heavy atom. The molecule has 1 aromatic heterocycles. The van der Waals surface area contributed by atoms with Crippen molar-refractivity contribution >= 4 is 23.5 Å². The van der Waals surface area contributed by atoms with Crippen LogP contribution < -0.4 is 10.6 Å². The molecule has 0 aliphatic heterocycles. The molecule has 1 aliphatic carbocycles. The average molecular weight is 401 g/mol. The number of aromatic nitrogens is 2. The van der Waals surface area contributed by atoms with Crippen molar-refractivity contribution in [2.75, 3.05) is 18.5 Å². The van der Waals surface area contributed by atoms with Gasteiger partial charge < -0.3 is 15.4 Å². The summed E-state index contributed by atoms with van der Waals surface area (Å²) in [5, 5.41) is 6.51. The van der Waals surface area contributed by atoms with Gasteiger partial charge in [0.15, 0.2) is 5.16 Å². The smallest absolute Gasteiger partial charge is 0.319 e. The van der Waals surface area contributed by atoms with Crippen LogP contribution >= 0.6 is 11.8 Å². The second-order valence-corrected chi connectivity index (χ2v) is 8.02. The van der Waals surface area contributed by atoms with Gasteiger partial charge in [-0.25, -0.2) is 14.8 Å². The molecule has 0 unspecified atom stereocenters. The van der Waals surface area contributed by atoms with E-state index in [9.17, 15) is 4.79 Å². The first-order valence-corrected chi connectivity index (χ1v) is 10.7. The van der Waals surface area contributed by atoms with Crippen LogP contribution in [0.15, 0.2) is 46.7 Å². The van der Waals surface area contributed by atoms with Gasteiger partial charge in [0.05, 0.1) is 6.10 Å². The van der Waals surface area contributed by atoms with E-state index in [2.05, 4.69) is 20.6 Å². The molecule has 6 nitrogen and oxygen atoms in total. The van der Waals surface area contributed by atoms with E-state index in [1.54, 1.807) is 18.5 Å².